The highest BCUT2D eigenvalue weighted by Gasteiger charge is 2.18. The number of anilines is 1. The van der Waals surface area contributed by atoms with Gasteiger partial charge >= 0.3 is 0 Å². The van der Waals surface area contributed by atoms with E-state index in [-0.39, 0.29) is 0 Å². The number of hydrogen-bond acceptors (Lipinski definition) is 5. The lowest BCUT2D eigenvalue weighted by atomic mass is 10.1. The summed E-state index contributed by atoms with van der Waals surface area (Å²) < 4.78 is 5.53. The number of hydrogen-bond donors (Lipinski definition) is 1. The Hall–Kier alpha value is -1.46. The molecule has 2 aromatic heterocycles. The molecular weight excluding hydrogens is 258 g/mol. The van der Waals surface area contributed by atoms with E-state index in [4.69, 9.17) is 9.72 Å². The molecule has 3 heterocycles. The monoisotopic (exact) mass is 275 g/mol. The Morgan fingerprint density at radius 3 is 3.16 bits per heavy atom. The lowest BCUT2D eigenvalue weighted by Crippen LogP contribution is -2.17. The molecular formula is C14H17N3OS. The van der Waals surface area contributed by atoms with Gasteiger partial charge in [0.05, 0.1) is 18.9 Å². The van der Waals surface area contributed by atoms with Crippen LogP contribution in [-0.2, 0) is 17.8 Å². The Labute approximate surface area is 116 Å². The van der Waals surface area contributed by atoms with Gasteiger partial charge in [-0.05, 0) is 17.9 Å². The van der Waals surface area contributed by atoms with Crippen molar-refractivity contribution in [3.63, 3.8) is 0 Å². The summed E-state index contributed by atoms with van der Waals surface area (Å²) in [6, 6.07) is 2.06. The van der Waals surface area contributed by atoms with Crippen molar-refractivity contribution >= 4 is 17.2 Å². The summed E-state index contributed by atoms with van der Waals surface area (Å²) in [4.78, 5) is 9.37. The molecule has 0 atom stereocenters. The van der Waals surface area contributed by atoms with Crippen LogP contribution in [0.1, 0.15) is 24.6 Å². The van der Waals surface area contributed by atoms with E-state index in [9.17, 15) is 0 Å². The molecule has 0 amide bonds. The lowest BCUT2D eigenvalue weighted by molar-refractivity contribution is 0.109. The fourth-order valence-electron chi connectivity index (χ4n) is 2.14. The largest absolute Gasteiger partial charge is 0.376 e. The molecule has 0 aromatic carbocycles. The number of ether oxygens (including phenoxy) is 1. The van der Waals surface area contributed by atoms with Crippen molar-refractivity contribution in [2.24, 2.45) is 0 Å². The van der Waals surface area contributed by atoms with Gasteiger partial charge in [-0.2, -0.15) is 11.3 Å². The molecule has 1 aliphatic rings. The second-order valence-corrected chi connectivity index (χ2v) is 5.34. The van der Waals surface area contributed by atoms with Crippen LogP contribution in [0.15, 0.2) is 16.8 Å². The highest BCUT2D eigenvalue weighted by molar-refractivity contribution is 7.08. The van der Waals surface area contributed by atoms with Crippen LogP contribution in [0.5, 0.6) is 0 Å². The van der Waals surface area contributed by atoms with E-state index in [1.54, 1.807) is 11.3 Å². The van der Waals surface area contributed by atoms with Gasteiger partial charge in [0.2, 0.25) is 0 Å². The first kappa shape index (κ1) is 12.6. The van der Waals surface area contributed by atoms with Gasteiger partial charge in [0.25, 0.3) is 0 Å². The molecule has 0 spiro atoms. The van der Waals surface area contributed by atoms with E-state index in [0.29, 0.717) is 6.61 Å². The standard InChI is InChI=1S/C14H17N3OS/c1-2-5-15-14-11-8-18-6-3-12(11)16-13(17-14)10-4-7-19-9-10/h4,7,9H,2-3,5-6,8H2,1H3,(H,15,16,17). The molecule has 1 N–H and O–H groups in total. The average Bonchev–Trinajstić information content (AvgIpc) is 2.98. The molecule has 2 aromatic rings. The van der Waals surface area contributed by atoms with Crippen molar-refractivity contribution in [1.82, 2.24) is 9.97 Å². The van der Waals surface area contributed by atoms with Gasteiger partial charge in [-0.3, -0.25) is 0 Å². The topological polar surface area (TPSA) is 47.0 Å². The first-order valence-corrected chi connectivity index (χ1v) is 7.56. The van der Waals surface area contributed by atoms with Crippen LogP contribution in [0.25, 0.3) is 11.4 Å². The van der Waals surface area contributed by atoms with Crippen LogP contribution >= 0.6 is 11.3 Å². The third-order valence-corrected chi connectivity index (χ3v) is 3.83. The maximum Gasteiger partial charge on any atom is 0.162 e. The van der Waals surface area contributed by atoms with E-state index in [1.165, 1.54) is 0 Å². The summed E-state index contributed by atoms with van der Waals surface area (Å²) in [5.41, 5.74) is 3.35. The van der Waals surface area contributed by atoms with E-state index in [2.05, 4.69) is 34.1 Å². The van der Waals surface area contributed by atoms with Crippen molar-refractivity contribution < 1.29 is 4.74 Å². The van der Waals surface area contributed by atoms with Crippen LogP contribution in [0.2, 0.25) is 0 Å². The predicted octanol–water partition coefficient (Wildman–Crippen LogP) is 3.10. The first-order valence-electron chi connectivity index (χ1n) is 6.62. The van der Waals surface area contributed by atoms with Crippen LogP contribution in [0, 0.1) is 0 Å². The van der Waals surface area contributed by atoms with Gasteiger partial charge in [0, 0.05) is 29.5 Å². The molecule has 3 rings (SSSR count). The Kier molecular flexibility index (Phi) is 3.75. The van der Waals surface area contributed by atoms with Gasteiger partial charge in [-0.15, -0.1) is 0 Å². The van der Waals surface area contributed by atoms with Gasteiger partial charge in [-0.1, -0.05) is 6.92 Å². The van der Waals surface area contributed by atoms with Gasteiger partial charge in [-0.25, -0.2) is 9.97 Å². The van der Waals surface area contributed by atoms with Crippen molar-refractivity contribution in [3.05, 3.63) is 28.1 Å². The zero-order valence-corrected chi connectivity index (χ0v) is 11.8. The smallest absolute Gasteiger partial charge is 0.162 e. The van der Waals surface area contributed by atoms with Crippen LogP contribution in [0.4, 0.5) is 5.82 Å². The third kappa shape index (κ3) is 2.62. The van der Waals surface area contributed by atoms with E-state index >= 15 is 0 Å². The average molecular weight is 275 g/mol. The fraction of sp³-hybridized carbons (Fsp3) is 0.429. The molecule has 0 saturated carbocycles. The van der Waals surface area contributed by atoms with E-state index in [0.717, 1.165) is 54.5 Å². The Morgan fingerprint density at radius 2 is 2.37 bits per heavy atom. The number of nitrogens with one attached hydrogen (secondary N) is 1. The Morgan fingerprint density at radius 1 is 1.42 bits per heavy atom. The summed E-state index contributed by atoms with van der Waals surface area (Å²) in [5.74, 6) is 1.76. The molecule has 19 heavy (non-hydrogen) atoms. The highest BCUT2D eigenvalue weighted by Crippen LogP contribution is 2.27. The maximum absolute atomic E-state index is 5.53. The zero-order chi connectivity index (χ0) is 13.1. The fourth-order valence-corrected chi connectivity index (χ4v) is 2.78. The van der Waals surface area contributed by atoms with E-state index < -0.39 is 0 Å². The normalized spacial score (nSPS) is 14.2. The molecule has 0 saturated heterocycles. The molecule has 0 unspecified atom stereocenters. The first-order chi connectivity index (χ1) is 9.38. The van der Waals surface area contributed by atoms with Crippen molar-refractivity contribution in [2.45, 2.75) is 26.4 Å². The summed E-state index contributed by atoms with van der Waals surface area (Å²) >= 11 is 1.67. The number of nitrogens with zero attached hydrogens (tertiary/aromatic N) is 2. The zero-order valence-electron chi connectivity index (χ0n) is 11.0. The van der Waals surface area contributed by atoms with Crippen LogP contribution in [0.3, 0.4) is 0 Å². The second kappa shape index (κ2) is 5.67. The predicted molar refractivity (Wildman–Crippen MR) is 77.5 cm³/mol. The quantitative estimate of drug-likeness (QED) is 0.931. The minimum atomic E-state index is 0.616. The number of aromatic nitrogens is 2. The molecule has 100 valence electrons. The van der Waals surface area contributed by atoms with E-state index in [1.807, 2.05) is 0 Å². The second-order valence-electron chi connectivity index (χ2n) is 4.56. The molecule has 0 radical (unpaired) electrons. The number of thiophene rings is 1. The third-order valence-electron chi connectivity index (χ3n) is 3.14. The molecule has 0 aliphatic carbocycles. The van der Waals surface area contributed by atoms with Crippen molar-refractivity contribution in [1.29, 1.82) is 0 Å². The molecule has 4 nitrogen and oxygen atoms in total. The summed E-state index contributed by atoms with van der Waals surface area (Å²) in [6.45, 7) is 4.44. The minimum Gasteiger partial charge on any atom is -0.376 e. The van der Waals surface area contributed by atoms with Gasteiger partial charge in [0.1, 0.15) is 5.82 Å². The van der Waals surface area contributed by atoms with Gasteiger partial charge in [0.15, 0.2) is 5.82 Å². The maximum atomic E-state index is 5.53. The molecule has 0 fully saturated rings. The number of fused-ring (bicyclic) bond motifs is 1. The SMILES string of the molecule is CCCNc1nc(-c2ccsc2)nc2c1COCC2. The van der Waals surface area contributed by atoms with Crippen molar-refractivity contribution in [3.8, 4) is 11.4 Å². The van der Waals surface area contributed by atoms with Crippen LogP contribution < -0.4 is 5.32 Å². The van der Waals surface area contributed by atoms with Gasteiger partial charge < -0.3 is 10.1 Å². The van der Waals surface area contributed by atoms with Crippen molar-refractivity contribution in [2.75, 3.05) is 18.5 Å². The van der Waals surface area contributed by atoms with Crippen LogP contribution in [-0.4, -0.2) is 23.1 Å². The summed E-state index contributed by atoms with van der Waals surface area (Å²) in [5, 5.41) is 7.54. The molecule has 0 bridgehead atoms. The summed E-state index contributed by atoms with van der Waals surface area (Å²) in [7, 11) is 0. The minimum absolute atomic E-state index is 0.616. The summed E-state index contributed by atoms with van der Waals surface area (Å²) in [6.07, 6.45) is 1.95. The highest BCUT2D eigenvalue weighted by atomic mass is 32.1. The lowest BCUT2D eigenvalue weighted by Gasteiger charge is -2.20. The Balaban J connectivity index is 2.02. The Bertz CT molecular complexity index is 554. The number of rotatable bonds is 4. The molecule has 1 aliphatic heterocycles. The molecule has 5 heteroatoms.